The maximum atomic E-state index is 12.1. The van der Waals surface area contributed by atoms with Crippen LogP contribution in [-0.2, 0) is 10.8 Å². The molecule has 6 heteroatoms. The van der Waals surface area contributed by atoms with Gasteiger partial charge in [0.05, 0.1) is 32.3 Å². The third-order valence-electron chi connectivity index (χ3n) is 2.60. The number of nitrogens with two attached hydrogens (primary N) is 1. The molecule has 0 heterocycles. The van der Waals surface area contributed by atoms with Crippen LogP contribution in [0.4, 0.5) is 5.69 Å². The molecular formula is C14H13Cl2NO2S. The van der Waals surface area contributed by atoms with Crippen molar-refractivity contribution in [3.63, 3.8) is 0 Å². The highest BCUT2D eigenvalue weighted by atomic mass is 35.5. The Morgan fingerprint density at radius 3 is 2.55 bits per heavy atom. The largest absolute Gasteiger partial charge is 0.490 e. The van der Waals surface area contributed by atoms with Gasteiger partial charge in [0.15, 0.2) is 0 Å². The van der Waals surface area contributed by atoms with E-state index in [1.165, 1.54) is 0 Å². The Balaban J connectivity index is 1.92. The van der Waals surface area contributed by atoms with E-state index >= 15 is 0 Å². The molecule has 0 aliphatic carbocycles. The van der Waals surface area contributed by atoms with Gasteiger partial charge in [-0.15, -0.1) is 0 Å². The predicted molar refractivity (Wildman–Crippen MR) is 84.1 cm³/mol. The Kier molecular flexibility index (Phi) is 5.29. The number of ether oxygens (including phenoxy) is 1. The van der Waals surface area contributed by atoms with E-state index < -0.39 is 10.8 Å². The van der Waals surface area contributed by atoms with Crippen molar-refractivity contribution in [1.82, 2.24) is 0 Å². The molecule has 1 atom stereocenters. The molecule has 2 N–H and O–H groups in total. The fourth-order valence-electron chi connectivity index (χ4n) is 1.58. The zero-order valence-corrected chi connectivity index (χ0v) is 12.8. The minimum Gasteiger partial charge on any atom is -0.490 e. The second-order valence-electron chi connectivity index (χ2n) is 4.01. The second-order valence-corrected chi connectivity index (χ2v) is 6.40. The Morgan fingerprint density at radius 1 is 1.10 bits per heavy atom. The molecular weight excluding hydrogens is 317 g/mol. The molecule has 2 aromatic rings. The second kappa shape index (κ2) is 6.97. The lowest BCUT2D eigenvalue weighted by Gasteiger charge is -2.08. The Labute approximate surface area is 130 Å². The average molecular weight is 330 g/mol. The van der Waals surface area contributed by atoms with Crippen LogP contribution in [0.5, 0.6) is 5.75 Å². The standard InChI is InChI=1S/C14H13Cl2NO2S/c15-11-6-5-10(9-12(11)16)20(18)8-7-19-14-4-2-1-3-13(14)17/h1-6,9H,7-8,17H2. The van der Waals surface area contributed by atoms with E-state index in [0.717, 1.165) is 0 Å². The molecule has 0 fully saturated rings. The summed E-state index contributed by atoms with van der Waals surface area (Å²) >= 11 is 11.7. The minimum atomic E-state index is -1.19. The first-order valence-corrected chi connectivity index (χ1v) is 7.96. The summed E-state index contributed by atoms with van der Waals surface area (Å²) in [4.78, 5) is 0.629. The molecule has 0 aromatic heterocycles. The molecule has 2 aromatic carbocycles. The summed E-state index contributed by atoms with van der Waals surface area (Å²) in [5, 5.41) is 0.839. The van der Waals surface area contributed by atoms with Crippen molar-refractivity contribution >= 4 is 39.7 Å². The summed E-state index contributed by atoms with van der Waals surface area (Å²) in [6, 6.07) is 12.1. The molecule has 0 aliphatic heterocycles. The molecule has 20 heavy (non-hydrogen) atoms. The summed E-state index contributed by atoms with van der Waals surface area (Å²) in [5.74, 6) is 0.949. The summed E-state index contributed by atoms with van der Waals surface area (Å²) < 4.78 is 17.6. The van der Waals surface area contributed by atoms with Crippen LogP contribution >= 0.6 is 23.2 Å². The molecule has 0 aliphatic rings. The Bertz CT molecular complexity index is 634. The quantitative estimate of drug-likeness (QED) is 0.849. The fourth-order valence-corrected chi connectivity index (χ4v) is 2.88. The highest BCUT2D eigenvalue weighted by molar-refractivity contribution is 7.85. The number of anilines is 1. The summed E-state index contributed by atoms with van der Waals surface area (Å²) in [7, 11) is -1.19. The highest BCUT2D eigenvalue weighted by Crippen LogP contribution is 2.24. The molecule has 0 bridgehead atoms. The van der Waals surface area contributed by atoms with E-state index in [4.69, 9.17) is 33.7 Å². The number of rotatable bonds is 5. The van der Waals surface area contributed by atoms with Gasteiger partial charge in [-0.05, 0) is 30.3 Å². The normalized spacial score (nSPS) is 12.1. The van der Waals surface area contributed by atoms with Crippen LogP contribution in [0.3, 0.4) is 0 Å². The van der Waals surface area contributed by atoms with E-state index in [2.05, 4.69) is 0 Å². The number of hydrogen-bond donors (Lipinski definition) is 1. The molecule has 0 spiro atoms. The van der Waals surface area contributed by atoms with E-state index in [1.807, 2.05) is 12.1 Å². The summed E-state index contributed by atoms with van der Waals surface area (Å²) in [5.41, 5.74) is 6.31. The molecule has 1 unspecified atom stereocenters. The smallest absolute Gasteiger partial charge is 0.142 e. The maximum Gasteiger partial charge on any atom is 0.142 e. The van der Waals surface area contributed by atoms with Gasteiger partial charge in [-0.25, -0.2) is 0 Å². The first-order chi connectivity index (χ1) is 9.58. The van der Waals surface area contributed by atoms with Crippen molar-refractivity contribution < 1.29 is 8.95 Å². The van der Waals surface area contributed by atoms with Gasteiger partial charge in [-0.3, -0.25) is 4.21 Å². The zero-order valence-electron chi connectivity index (χ0n) is 10.5. The highest BCUT2D eigenvalue weighted by Gasteiger charge is 2.07. The van der Waals surface area contributed by atoms with Gasteiger partial charge >= 0.3 is 0 Å². The van der Waals surface area contributed by atoms with Crippen LogP contribution in [0.2, 0.25) is 10.0 Å². The van der Waals surface area contributed by atoms with Crippen molar-refractivity contribution in [2.75, 3.05) is 18.1 Å². The molecule has 3 nitrogen and oxygen atoms in total. The first-order valence-electron chi connectivity index (χ1n) is 5.88. The van der Waals surface area contributed by atoms with Crippen molar-refractivity contribution in [3.8, 4) is 5.75 Å². The van der Waals surface area contributed by atoms with Crippen molar-refractivity contribution in [1.29, 1.82) is 0 Å². The lowest BCUT2D eigenvalue weighted by molar-refractivity contribution is 0.344. The molecule has 0 amide bonds. The van der Waals surface area contributed by atoms with Gasteiger partial charge in [-0.2, -0.15) is 0 Å². The Hall–Kier alpha value is -1.23. The SMILES string of the molecule is Nc1ccccc1OCCS(=O)c1ccc(Cl)c(Cl)c1. The van der Waals surface area contributed by atoms with Crippen molar-refractivity contribution in [2.24, 2.45) is 0 Å². The molecule has 0 saturated heterocycles. The van der Waals surface area contributed by atoms with Gasteiger partial charge in [-0.1, -0.05) is 35.3 Å². The number of hydrogen-bond acceptors (Lipinski definition) is 3. The predicted octanol–water partition coefficient (Wildman–Crippen LogP) is 3.76. The monoisotopic (exact) mass is 329 g/mol. The van der Waals surface area contributed by atoms with E-state index in [0.29, 0.717) is 38.7 Å². The van der Waals surface area contributed by atoms with Gasteiger partial charge in [0.1, 0.15) is 12.4 Å². The van der Waals surface area contributed by atoms with Crippen molar-refractivity contribution in [2.45, 2.75) is 4.90 Å². The fraction of sp³-hybridized carbons (Fsp3) is 0.143. The third kappa shape index (κ3) is 3.88. The number of para-hydroxylation sites is 2. The molecule has 2 rings (SSSR count). The van der Waals surface area contributed by atoms with Crippen LogP contribution in [0.1, 0.15) is 0 Å². The molecule has 0 saturated carbocycles. The summed E-state index contributed by atoms with van der Waals surface area (Å²) in [6.07, 6.45) is 0. The van der Waals surface area contributed by atoms with Crippen LogP contribution in [0.15, 0.2) is 47.4 Å². The lowest BCUT2D eigenvalue weighted by Crippen LogP contribution is -2.09. The van der Waals surface area contributed by atoms with Crippen LogP contribution < -0.4 is 10.5 Å². The zero-order chi connectivity index (χ0) is 14.5. The molecule has 0 radical (unpaired) electrons. The van der Waals surface area contributed by atoms with Crippen molar-refractivity contribution in [3.05, 3.63) is 52.5 Å². The third-order valence-corrected chi connectivity index (χ3v) is 4.66. The number of benzene rings is 2. The van der Waals surface area contributed by atoms with Gasteiger partial charge in [0, 0.05) is 4.90 Å². The lowest BCUT2D eigenvalue weighted by atomic mass is 10.3. The van der Waals surface area contributed by atoms with Crippen LogP contribution in [0, 0.1) is 0 Å². The van der Waals surface area contributed by atoms with Gasteiger partial charge in [0.2, 0.25) is 0 Å². The number of nitrogen functional groups attached to an aromatic ring is 1. The Morgan fingerprint density at radius 2 is 1.85 bits per heavy atom. The van der Waals surface area contributed by atoms with Crippen LogP contribution in [-0.4, -0.2) is 16.6 Å². The van der Waals surface area contributed by atoms with Crippen LogP contribution in [0.25, 0.3) is 0 Å². The maximum absolute atomic E-state index is 12.1. The topological polar surface area (TPSA) is 52.3 Å². The van der Waals surface area contributed by atoms with Gasteiger partial charge in [0.25, 0.3) is 0 Å². The average Bonchev–Trinajstić information content (AvgIpc) is 2.44. The molecule has 106 valence electrons. The number of halogens is 2. The first kappa shape index (κ1) is 15.2. The van der Waals surface area contributed by atoms with Gasteiger partial charge < -0.3 is 10.5 Å². The minimum absolute atomic E-state index is 0.307. The summed E-state index contributed by atoms with van der Waals surface area (Å²) in [6.45, 7) is 0.307. The van der Waals surface area contributed by atoms with E-state index in [1.54, 1.807) is 30.3 Å². The van der Waals surface area contributed by atoms with E-state index in [-0.39, 0.29) is 0 Å². The van der Waals surface area contributed by atoms with E-state index in [9.17, 15) is 4.21 Å².